The molecule has 0 aliphatic carbocycles. The Hall–Kier alpha value is -3.48. The average molecular weight is 339 g/mol. The molecule has 0 saturated carbocycles. The second kappa shape index (κ2) is 7.87. The van der Waals surface area contributed by atoms with Crippen LogP contribution < -0.4 is 10.2 Å². The summed E-state index contributed by atoms with van der Waals surface area (Å²) in [6, 6.07) is 12.8. The number of amides is 2. The standard InChI is InChI=1S/C18H17N3O4/c1-13(22)19-15-6-3-14(4-7-15)5-12-18(23)20(2)16-8-10-17(11-9-16)21(24)25/h3-12H,1-2H3,(H,19,22). The van der Waals surface area contributed by atoms with Gasteiger partial charge in [0.1, 0.15) is 0 Å². The van der Waals surface area contributed by atoms with Crippen molar-refractivity contribution in [2.45, 2.75) is 6.92 Å². The van der Waals surface area contributed by atoms with Crippen molar-refractivity contribution in [1.29, 1.82) is 0 Å². The van der Waals surface area contributed by atoms with Gasteiger partial charge in [0.2, 0.25) is 5.91 Å². The zero-order valence-corrected chi connectivity index (χ0v) is 13.8. The summed E-state index contributed by atoms with van der Waals surface area (Å²) in [6.45, 7) is 1.43. The lowest BCUT2D eigenvalue weighted by molar-refractivity contribution is -0.384. The fraction of sp³-hybridized carbons (Fsp3) is 0.111. The molecule has 0 saturated heterocycles. The van der Waals surface area contributed by atoms with Crippen LogP contribution in [0.4, 0.5) is 17.1 Å². The lowest BCUT2D eigenvalue weighted by Gasteiger charge is -2.14. The van der Waals surface area contributed by atoms with Gasteiger partial charge in [-0.25, -0.2) is 0 Å². The van der Waals surface area contributed by atoms with Crippen molar-refractivity contribution in [3.63, 3.8) is 0 Å². The maximum atomic E-state index is 12.2. The maximum Gasteiger partial charge on any atom is 0.269 e. The normalized spacial score (nSPS) is 10.5. The summed E-state index contributed by atoms with van der Waals surface area (Å²) in [5, 5.41) is 13.3. The second-order valence-electron chi connectivity index (χ2n) is 5.31. The molecule has 0 aliphatic heterocycles. The van der Waals surface area contributed by atoms with Crippen LogP contribution in [0.1, 0.15) is 12.5 Å². The predicted molar refractivity (Wildman–Crippen MR) is 96.3 cm³/mol. The number of likely N-dealkylation sites (N-methyl/N-ethyl adjacent to an activating group) is 1. The van der Waals surface area contributed by atoms with Crippen LogP contribution in [0, 0.1) is 10.1 Å². The van der Waals surface area contributed by atoms with Crippen LogP contribution in [0.25, 0.3) is 6.08 Å². The number of nitro benzene ring substituents is 1. The maximum absolute atomic E-state index is 12.2. The van der Waals surface area contributed by atoms with Gasteiger partial charge in [-0.05, 0) is 35.9 Å². The second-order valence-corrected chi connectivity index (χ2v) is 5.31. The number of rotatable bonds is 5. The van der Waals surface area contributed by atoms with E-state index in [4.69, 9.17) is 0 Å². The van der Waals surface area contributed by atoms with Crippen molar-refractivity contribution in [1.82, 2.24) is 0 Å². The van der Waals surface area contributed by atoms with Crippen molar-refractivity contribution >= 4 is 35.0 Å². The number of anilines is 2. The van der Waals surface area contributed by atoms with Crippen molar-refractivity contribution in [3.05, 3.63) is 70.3 Å². The van der Waals surface area contributed by atoms with Crippen molar-refractivity contribution in [3.8, 4) is 0 Å². The van der Waals surface area contributed by atoms with E-state index in [1.165, 1.54) is 42.2 Å². The summed E-state index contributed by atoms with van der Waals surface area (Å²) in [6.07, 6.45) is 3.07. The van der Waals surface area contributed by atoms with E-state index < -0.39 is 4.92 Å². The predicted octanol–water partition coefficient (Wildman–Crippen LogP) is 3.23. The number of nitrogens with one attached hydrogen (secondary N) is 1. The molecule has 128 valence electrons. The topological polar surface area (TPSA) is 92.6 Å². The van der Waals surface area contributed by atoms with E-state index in [-0.39, 0.29) is 17.5 Å². The summed E-state index contributed by atoms with van der Waals surface area (Å²) in [7, 11) is 1.59. The zero-order chi connectivity index (χ0) is 18.4. The molecule has 0 unspecified atom stereocenters. The highest BCUT2D eigenvalue weighted by atomic mass is 16.6. The van der Waals surface area contributed by atoms with Crippen LogP contribution >= 0.6 is 0 Å². The Morgan fingerprint density at radius 1 is 1.08 bits per heavy atom. The van der Waals surface area contributed by atoms with Gasteiger partial charge in [0.05, 0.1) is 4.92 Å². The number of benzene rings is 2. The minimum atomic E-state index is -0.490. The number of carbonyl (C=O) groups excluding carboxylic acids is 2. The summed E-state index contributed by atoms with van der Waals surface area (Å²) < 4.78 is 0. The summed E-state index contributed by atoms with van der Waals surface area (Å²) in [4.78, 5) is 34.7. The molecule has 0 bridgehead atoms. The molecule has 2 amide bonds. The van der Waals surface area contributed by atoms with E-state index >= 15 is 0 Å². The summed E-state index contributed by atoms with van der Waals surface area (Å²) >= 11 is 0. The van der Waals surface area contributed by atoms with Gasteiger partial charge in [-0.15, -0.1) is 0 Å². The minimum absolute atomic E-state index is 0.0283. The Bertz CT molecular complexity index is 811. The molecule has 2 aromatic carbocycles. The minimum Gasteiger partial charge on any atom is -0.326 e. The Kier molecular flexibility index (Phi) is 5.62. The molecular formula is C18H17N3O4. The van der Waals surface area contributed by atoms with E-state index in [9.17, 15) is 19.7 Å². The van der Waals surface area contributed by atoms with Crippen LogP contribution in [0.15, 0.2) is 54.6 Å². The molecule has 0 aliphatic rings. The Morgan fingerprint density at radius 3 is 2.20 bits per heavy atom. The number of nitrogens with zero attached hydrogens (tertiary/aromatic N) is 2. The van der Waals surface area contributed by atoms with Gasteiger partial charge < -0.3 is 10.2 Å². The van der Waals surface area contributed by atoms with Gasteiger partial charge in [0.25, 0.3) is 11.6 Å². The van der Waals surface area contributed by atoms with E-state index in [1.54, 1.807) is 37.4 Å². The van der Waals surface area contributed by atoms with Crippen LogP contribution in [-0.2, 0) is 9.59 Å². The van der Waals surface area contributed by atoms with Gasteiger partial charge in [-0.2, -0.15) is 0 Å². The van der Waals surface area contributed by atoms with Gasteiger partial charge in [-0.1, -0.05) is 12.1 Å². The van der Waals surface area contributed by atoms with Gasteiger partial charge in [0.15, 0.2) is 0 Å². The van der Waals surface area contributed by atoms with Gasteiger partial charge in [0, 0.05) is 43.6 Å². The largest absolute Gasteiger partial charge is 0.326 e. The molecule has 2 rings (SSSR count). The van der Waals surface area contributed by atoms with E-state index in [0.717, 1.165) is 5.56 Å². The monoisotopic (exact) mass is 339 g/mol. The SMILES string of the molecule is CC(=O)Nc1ccc(C=CC(=O)N(C)c2ccc([N+](=O)[O-])cc2)cc1. The van der Waals surface area contributed by atoms with Crippen molar-refractivity contribution in [2.24, 2.45) is 0 Å². The van der Waals surface area contributed by atoms with E-state index in [0.29, 0.717) is 11.4 Å². The number of carbonyl (C=O) groups is 2. The van der Waals surface area contributed by atoms with Crippen molar-refractivity contribution in [2.75, 3.05) is 17.3 Å². The molecule has 0 atom stereocenters. The smallest absolute Gasteiger partial charge is 0.269 e. The zero-order valence-electron chi connectivity index (χ0n) is 13.8. The average Bonchev–Trinajstić information content (AvgIpc) is 2.59. The highest BCUT2D eigenvalue weighted by molar-refractivity contribution is 6.03. The first kappa shape index (κ1) is 17.9. The molecular weight excluding hydrogens is 322 g/mol. The number of nitro groups is 1. The Labute approximate surface area is 144 Å². The molecule has 7 nitrogen and oxygen atoms in total. The molecule has 0 fully saturated rings. The van der Waals surface area contributed by atoms with E-state index in [1.807, 2.05) is 0 Å². The molecule has 1 N–H and O–H groups in total. The first-order valence-corrected chi connectivity index (χ1v) is 7.44. The van der Waals surface area contributed by atoms with Crippen LogP contribution in [0.2, 0.25) is 0 Å². The Balaban J connectivity index is 2.03. The molecule has 25 heavy (non-hydrogen) atoms. The molecule has 0 aromatic heterocycles. The van der Waals surface area contributed by atoms with E-state index in [2.05, 4.69) is 5.32 Å². The van der Waals surface area contributed by atoms with Gasteiger partial charge in [-0.3, -0.25) is 19.7 Å². The van der Waals surface area contributed by atoms with Crippen LogP contribution in [0.5, 0.6) is 0 Å². The number of hydrogen-bond donors (Lipinski definition) is 1. The third-order valence-corrected chi connectivity index (χ3v) is 3.43. The lowest BCUT2D eigenvalue weighted by Crippen LogP contribution is -2.23. The summed E-state index contributed by atoms with van der Waals surface area (Å²) in [5.74, 6) is -0.414. The highest BCUT2D eigenvalue weighted by Gasteiger charge is 2.10. The van der Waals surface area contributed by atoms with Gasteiger partial charge >= 0.3 is 0 Å². The van der Waals surface area contributed by atoms with Crippen LogP contribution in [0.3, 0.4) is 0 Å². The molecule has 0 heterocycles. The highest BCUT2D eigenvalue weighted by Crippen LogP contribution is 2.19. The molecule has 0 spiro atoms. The first-order valence-electron chi connectivity index (χ1n) is 7.44. The Morgan fingerprint density at radius 2 is 1.68 bits per heavy atom. The third-order valence-electron chi connectivity index (χ3n) is 3.43. The third kappa shape index (κ3) is 5.00. The first-order chi connectivity index (χ1) is 11.9. The quantitative estimate of drug-likeness (QED) is 0.514. The molecule has 7 heteroatoms. The molecule has 2 aromatic rings. The van der Waals surface area contributed by atoms with Crippen molar-refractivity contribution < 1.29 is 14.5 Å². The fourth-order valence-electron chi connectivity index (χ4n) is 2.09. The lowest BCUT2D eigenvalue weighted by atomic mass is 10.2. The number of hydrogen-bond acceptors (Lipinski definition) is 4. The van der Waals surface area contributed by atoms with Crippen LogP contribution in [-0.4, -0.2) is 23.8 Å². The molecule has 0 radical (unpaired) electrons. The fourth-order valence-corrected chi connectivity index (χ4v) is 2.09. The number of non-ortho nitro benzene ring substituents is 1. The summed E-state index contributed by atoms with van der Waals surface area (Å²) in [5.41, 5.74) is 2.01.